The molecule has 158 valence electrons. The number of nitrogens with one attached hydrogen (secondary N) is 2. The van der Waals surface area contributed by atoms with Crippen LogP contribution in [0.25, 0.3) is 0 Å². The SMILES string of the molecule is CCNC(=NCCNC(=O)CC1CCCC1)N(C)CC(=O)N(CC)CC.I. The Morgan fingerprint density at radius 2 is 1.70 bits per heavy atom. The van der Waals surface area contributed by atoms with Crippen molar-refractivity contribution in [1.29, 1.82) is 0 Å². The predicted molar refractivity (Wildman–Crippen MR) is 122 cm³/mol. The fourth-order valence-electron chi connectivity index (χ4n) is 3.33. The molecule has 1 fully saturated rings. The van der Waals surface area contributed by atoms with E-state index < -0.39 is 0 Å². The number of halogens is 1. The Morgan fingerprint density at radius 3 is 2.26 bits per heavy atom. The lowest BCUT2D eigenvalue weighted by Crippen LogP contribution is -2.46. The lowest BCUT2D eigenvalue weighted by molar-refractivity contribution is -0.131. The molecule has 0 unspecified atom stereocenters. The van der Waals surface area contributed by atoms with Crippen LogP contribution in [0.2, 0.25) is 0 Å². The molecule has 0 aromatic carbocycles. The summed E-state index contributed by atoms with van der Waals surface area (Å²) in [7, 11) is 1.86. The third-order valence-electron chi connectivity index (χ3n) is 4.83. The fraction of sp³-hybridized carbons (Fsp3) is 0.842. The van der Waals surface area contributed by atoms with E-state index in [1.165, 1.54) is 25.7 Å². The van der Waals surface area contributed by atoms with Crippen LogP contribution in [0.5, 0.6) is 0 Å². The largest absolute Gasteiger partial charge is 0.357 e. The lowest BCUT2D eigenvalue weighted by atomic mass is 10.0. The Hall–Kier alpha value is -1.06. The highest BCUT2D eigenvalue weighted by Crippen LogP contribution is 2.27. The maximum Gasteiger partial charge on any atom is 0.242 e. The second kappa shape index (κ2) is 14.9. The molecule has 0 aromatic rings. The van der Waals surface area contributed by atoms with Crippen molar-refractivity contribution in [2.24, 2.45) is 10.9 Å². The minimum absolute atomic E-state index is 0. The minimum Gasteiger partial charge on any atom is -0.357 e. The van der Waals surface area contributed by atoms with Gasteiger partial charge in [-0.25, -0.2) is 0 Å². The van der Waals surface area contributed by atoms with Crippen LogP contribution in [0, 0.1) is 5.92 Å². The molecule has 0 saturated heterocycles. The second-order valence-corrected chi connectivity index (χ2v) is 6.86. The van der Waals surface area contributed by atoms with Gasteiger partial charge in [0.2, 0.25) is 11.8 Å². The third kappa shape index (κ3) is 10.2. The first-order valence-corrected chi connectivity index (χ1v) is 10.1. The highest BCUT2D eigenvalue weighted by atomic mass is 127. The number of nitrogens with zero attached hydrogens (tertiary/aromatic N) is 3. The van der Waals surface area contributed by atoms with Crippen LogP contribution in [-0.2, 0) is 9.59 Å². The Balaban J connectivity index is 0.00000676. The van der Waals surface area contributed by atoms with Crippen molar-refractivity contribution in [2.45, 2.75) is 52.9 Å². The van der Waals surface area contributed by atoms with Crippen molar-refractivity contribution >= 4 is 41.8 Å². The molecular formula is C19H38IN5O2. The number of hydrogen-bond acceptors (Lipinski definition) is 3. The molecule has 1 aliphatic rings. The number of likely N-dealkylation sites (N-methyl/N-ethyl adjacent to an activating group) is 2. The van der Waals surface area contributed by atoms with Crippen LogP contribution < -0.4 is 10.6 Å². The quantitative estimate of drug-likeness (QED) is 0.211. The first-order valence-electron chi connectivity index (χ1n) is 10.1. The first kappa shape index (κ1) is 25.9. The van der Waals surface area contributed by atoms with Gasteiger partial charge < -0.3 is 20.4 Å². The summed E-state index contributed by atoms with van der Waals surface area (Å²) in [5, 5.41) is 6.16. The molecule has 8 heteroatoms. The molecule has 1 rings (SSSR count). The number of carbonyl (C=O) groups excluding carboxylic acids is 2. The zero-order valence-corrected chi connectivity index (χ0v) is 19.8. The average Bonchev–Trinajstić information content (AvgIpc) is 3.11. The molecule has 1 aliphatic carbocycles. The number of guanidine groups is 1. The Kier molecular flexibility index (Phi) is 14.3. The smallest absolute Gasteiger partial charge is 0.242 e. The van der Waals surface area contributed by atoms with Gasteiger partial charge in [0.1, 0.15) is 0 Å². The molecule has 0 aromatic heterocycles. The van der Waals surface area contributed by atoms with Gasteiger partial charge in [0.05, 0.1) is 13.1 Å². The standard InChI is InChI=1S/C19H37N5O2.HI/c1-5-20-19(23(4)15-18(26)24(6-2)7-3)22-13-12-21-17(25)14-16-10-8-9-11-16;/h16H,5-15H2,1-4H3,(H,20,22)(H,21,25);1H. The third-order valence-corrected chi connectivity index (χ3v) is 4.83. The van der Waals surface area contributed by atoms with E-state index in [2.05, 4.69) is 15.6 Å². The summed E-state index contributed by atoms with van der Waals surface area (Å²) in [6.45, 7) is 9.44. The molecule has 0 atom stereocenters. The normalized spacial score (nSPS) is 14.4. The van der Waals surface area contributed by atoms with E-state index >= 15 is 0 Å². The van der Waals surface area contributed by atoms with Crippen LogP contribution in [0.1, 0.15) is 52.9 Å². The maximum atomic E-state index is 12.3. The summed E-state index contributed by atoms with van der Waals surface area (Å²) in [5.74, 6) is 1.47. The summed E-state index contributed by atoms with van der Waals surface area (Å²) < 4.78 is 0. The number of hydrogen-bond donors (Lipinski definition) is 2. The van der Waals surface area contributed by atoms with E-state index in [0.29, 0.717) is 51.0 Å². The van der Waals surface area contributed by atoms with Crippen molar-refractivity contribution in [3.05, 3.63) is 0 Å². The fourth-order valence-corrected chi connectivity index (χ4v) is 3.33. The summed E-state index contributed by atoms with van der Waals surface area (Å²) >= 11 is 0. The number of aliphatic imine (C=N–C) groups is 1. The Morgan fingerprint density at radius 1 is 1.07 bits per heavy atom. The second-order valence-electron chi connectivity index (χ2n) is 6.86. The molecule has 1 saturated carbocycles. The van der Waals surface area contributed by atoms with Crippen LogP contribution in [0.4, 0.5) is 0 Å². The van der Waals surface area contributed by atoms with Crippen molar-refractivity contribution < 1.29 is 9.59 Å². The van der Waals surface area contributed by atoms with Gasteiger partial charge in [-0.15, -0.1) is 24.0 Å². The van der Waals surface area contributed by atoms with Gasteiger partial charge in [-0.3, -0.25) is 14.6 Å². The van der Waals surface area contributed by atoms with Gasteiger partial charge in [-0.1, -0.05) is 12.8 Å². The minimum atomic E-state index is 0. The predicted octanol–water partition coefficient (Wildman–Crippen LogP) is 2.07. The Labute approximate surface area is 181 Å². The van der Waals surface area contributed by atoms with Gasteiger partial charge in [0, 0.05) is 39.6 Å². The Bertz CT molecular complexity index is 463. The zero-order chi connectivity index (χ0) is 19.4. The van der Waals surface area contributed by atoms with E-state index in [1.807, 2.05) is 37.6 Å². The average molecular weight is 495 g/mol. The summed E-state index contributed by atoms with van der Waals surface area (Å²) in [4.78, 5) is 32.4. The first-order chi connectivity index (χ1) is 12.5. The molecule has 0 spiro atoms. The highest BCUT2D eigenvalue weighted by Gasteiger charge is 2.18. The zero-order valence-electron chi connectivity index (χ0n) is 17.4. The number of rotatable bonds is 10. The van der Waals surface area contributed by atoms with Crippen LogP contribution in [-0.4, -0.2) is 73.9 Å². The number of amides is 2. The van der Waals surface area contributed by atoms with Gasteiger partial charge in [0.25, 0.3) is 0 Å². The summed E-state index contributed by atoms with van der Waals surface area (Å²) in [5.41, 5.74) is 0. The molecule has 2 N–H and O–H groups in total. The van der Waals surface area contributed by atoms with Crippen LogP contribution in [0.3, 0.4) is 0 Å². The van der Waals surface area contributed by atoms with Crippen LogP contribution in [0.15, 0.2) is 4.99 Å². The van der Waals surface area contributed by atoms with Gasteiger partial charge in [-0.2, -0.15) is 0 Å². The van der Waals surface area contributed by atoms with Gasteiger partial charge in [0.15, 0.2) is 5.96 Å². The van der Waals surface area contributed by atoms with Crippen molar-refractivity contribution in [3.8, 4) is 0 Å². The van der Waals surface area contributed by atoms with Gasteiger partial charge >= 0.3 is 0 Å². The van der Waals surface area contributed by atoms with Crippen LogP contribution >= 0.6 is 24.0 Å². The van der Waals surface area contributed by atoms with Crippen molar-refractivity contribution in [3.63, 3.8) is 0 Å². The number of carbonyl (C=O) groups is 2. The van der Waals surface area contributed by atoms with Crippen molar-refractivity contribution in [2.75, 3.05) is 46.3 Å². The molecule has 27 heavy (non-hydrogen) atoms. The highest BCUT2D eigenvalue weighted by molar-refractivity contribution is 14.0. The van der Waals surface area contributed by atoms with E-state index in [-0.39, 0.29) is 35.8 Å². The monoisotopic (exact) mass is 495 g/mol. The molecule has 0 bridgehead atoms. The molecule has 2 amide bonds. The van der Waals surface area contributed by atoms with E-state index in [9.17, 15) is 9.59 Å². The topological polar surface area (TPSA) is 77.0 Å². The summed E-state index contributed by atoms with van der Waals surface area (Å²) in [6, 6.07) is 0. The maximum absolute atomic E-state index is 12.3. The molecule has 0 aliphatic heterocycles. The molecule has 7 nitrogen and oxygen atoms in total. The van der Waals surface area contributed by atoms with E-state index in [4.69, 9.17) is 0 Å². The van der Waals surface area contributed by atoms with E-state index in [0.717, 1.165) is 6.54 Å². The van der Waals surface area contributed by atoms with Gasteiger partial charge in [-0.05, 0) is 39.5 Å². The summed E-state index contributed by atoms with van der Waals surface area (Å²) in [6.07, 6.45) is 5.52. The molecule has 0 heterocycles. The lowest BCUT2D eigenvalue weighted by Gasteiger charge is -2.25. The van der Waals surface area contributed by atoms with E-state index in [1.54, 1.807) is 0 Å². The van der Waals surface area contributed by atoms with Crippen molar-refractivity contribution in [1.82, 2.24) is 20.4 Å². The molecule has 0 radical (unpaired) electrons. The molecular weight excluding hydrogens is 457 g/mol.